The summed E-state index contributed by atoms with van der Waals surface area (Å²) in [6.45, 7) is 3.77. The zero-order valence-electron chi connectivity index (χ0n) is 12.2. The fourth-order valence-corrected chi connectivity index (χ4v) is 4.45. The van der Waals surface area contributed by atoms with E-state index in [-0.39, 0.29) is 11.3 Å². The number of hydrogen-bond donors (Lipinski definition) is 2. The summed E-state index contributed by atoms with van der Waals surface area (Å²) in [7, 11) is -3.74. The van der Waals surface area contributed by atoms with Crippen molar-refractivity contribution in [1.82, 2.24) is 4.72 Å². The van der Waals surface area contributed by atoms with Crippen LogP contribution >= 0.6 is 11.3 Å². The second kappa shape index (κ2) is 6.60. The third kappa shape index (κ3) is 3.73. The molecule has 0 amide bonds. The van der Waals surface area contributed by atoms with Gasteiger partial charge in [0.05, 0.1) is 17.4 Å². The SMILES string of the molecule is Cc1cccc(C(CC(=O)O)NS(=O)(=O)c2ccsc2)c1C. The standard InChI is InChI=1S/C15H17NO4S2/c1-10-4-3-5-13(11(10)2)14(8-15(17)18)16-22(19,20)12-6-7-21-9-12/h3-7,9,14,16H,8H2,1-2H3,(H,17,18). The van der Waals surface area contributed by atoms with E-state index >= 15 is 0 Å². The molecule has 0 saturated heterocycles. The Kier molecular flexibility index (Phi) is 5.00. The first kappa shape index (κ1) is 16.7. The van der Waals surface area contributed by atoms with Crippen LogP contribution < -0.4 is 4.72 Å². The van der Waals surface area contributed by atoms with E-state index in [9.17, 15) is 13.2 Å². The van der Waals surface area contributed by atoms with Gasteiger partial charge in [-0.3, -0.25) is 4.79 Å². The van der Waals surface area contributed by atoms with Gasteiger partial charge < -0.3 is 5.11 Å². The molecule has 1 atom stereocenters. The maximum Gasteiger partial charge on any atom is 0.305 e. The largest absolute Gasteiger partial charge is 0.481 e. The molecule has 5 nitrogen and oxygen atoms in total. The number of carboxylic acid groups (broad SMARTS) is 1. The van der Waals surface area contributed by atoms with Crippen LogP contribution in [0, 0.1) is 13.8 Å². The summed E-state index contributed by atoms with van der Waals surface area (Å²) in [5, 5.41) is 12.3. The fraction of sp³-hybridized carbons (Fsp3) is 0.267. The van der Waals surface area contributed by atoms with Gasteiger partial charge in [-0.15, -0.1) is 0 Å². The molecule has 2 aromatic rings. The van der Waals surface area contributed by atoms with Crippen molar-refractivity contribution in [2.45, 2.75) is 31.2 Å². The molecule has 2 rings (SSSR count). The third-order valence-electron chi connectivity index (χ3n) is 3.50. The van der Waals surface area contributed by atoms with Gasteiger partial charge in [0.1, 0.15) is 0 Å². The third-order valence-corrected chi connectivity index (χ3v) is 5.81. The van der Waals surface area contributed by atoms with Crippen molar-refractivity contribution in [3.63, 3.8) is 0 Å². The summed E-state index contributed by atoms with van der Waals surface area (Å²) in [6.07, 6.45) is -0.312. The molecule has 0 aliphatic heterocycles. The van der Waals surface area contributed by atoms with Crippen LogP contribution in [0.1, 0.15) is 29.2 Å². The first-order valence-corrected chi connectivity index (χ1v) is 9.06. The molecule has 0 bridgehead atoms. The molecule has 1 aromatic carbocycles. The van der Waals surface area contributed by atoms with E-state index in [1.54, 1.807) is 17.5 Å². The van der Waals surface area contributed by atoms with E-state index in [0.29, 0.717) is 5.56 Å². The van der Waals surface area contributed by atoms with Crippen LogP contribution in [0.2, 0.25) is 0 Å². The Morgan fingerprint density at radius 2 is 2.05 bits per heavy atom. The minimum absolute atomic E-state index is 0.151. The Balaban J connectivity index is 2.39. The first-order chi connectivity index (χ1) is 10.3. The van der Waals surface area contributed by atoms with Gasteiger partial charge in [-0.25, -0.2) is 13.1 Å². The molecule has 2 N–H and O–H groups in total. The number of aliphatic carboxylic acids is 1. The molecular formula is C15H17NO4S2. The minimum Gasteiger partial charge on any atom is -0.481 e. The molecule has 118 valence electrons. The van der Waals surface area contributed by atoms with E-state index in [4.69, 9.17) is 5.11 Å². The molecule has 0 aliphatic carbocycles. The van der Waals surface area contributed by atoms with E-state index < -0.39 is 22.0 Å². The molecule has 7 heteroatoms. The van der Waals surface area contributed by atoms with Crippen molar-refractivity contribution < 1.29 is 18.3 Å². The highest BCUT2D eigenvalue weighted by Gasteiger charge is 2.25. The van der Waals surface area contributed by atoms with Crippen LogP contribution in [0.4, 0.5) is 0 Å². The van der Waals surface area contributed by atoms with E-state index in [1.165, 1.54) is 22.8 Å². The average Bonchev–Trinajstić information content (AvgIpc) is 2.95. The van der Waals surface area contributed by atoms with Gasteiger partial charge in [0, 0.05) is 5.38 Å². The monoisotopic (exact) mass is 339 g/mol. The predicted octanol–water partition coefficient (Wildman–Crippen LogP) is 2.86. The maximum atomic E-state index is 12.4. The quantitative estimate of drug-likeness (QED) is 0.847. The fourth-order valence-electron chi connectivity index (χ4n) is 2.20. The molecule has 0 spiro atoms. The molecule has 22 heavy (non-hydrogen) atoms. The Morgan fingerprint density at radius 1 is 1.32 bits per heavy atom. The lowest BCUT2D eigenvalue weighted by Gasteiger charge is -2.20. The Hall–Kier alpha value is -1.70. The highest BCUT2D eigenvalue weighted by Crippen LogP contribution is 2.25. The lowest BCUT2D eigenvalue weighted by molar-refractivity contribution is -0.137. The number of benzene rings is 1. The number of carbonyl (C=O) groups is 1. The minimum atomic E-state index is -3.74. The van der Waals surface area contributed by atoms with Gasteiger partial charge in [-0.2, -0.15) is 11.3 Å². The number of thiophene rings is 1. The number of aryl methyl sites for hydroxylation is 1. The summed E-state index contributed by atoms with van der Waals surface area (Å²) in [6, 6.07) is 6.15. The zero-order chi connectivity index (χ0) is 16.3. The summed E-state index contributed by atoms with van der Waals surface area (Å²) >= 11 is 1.27. The number of sulfonamides is 1. The van der Waals surface area contributed by atoms with Crippen molar-refractivity contribution >= 4 is 27.3 Å². The normalized spacial score (nSPS) is 13.0. The van der Waals surface area contributed by atoms with Crippen molar-refractivity contribution in [2.75, 3.05) is 0 Å². The lowest BCUT2D eigenvalue weighted by Crippen LogP contribution is -2.30. The summed E-state index contributed by atoms with van der Waals surface area (Å²) in [5.74, 6) is -1.06. The Labute approximate surface area is 133 Å². The van der Waals surface area contributed by atoms with Crippen LogP contribution in [0.5, 0.6) is 0 Å². The predicted molar refractivity (Wildman–Crippen MR) is 85.6 cm³/mol. The van der Waals surface area contributed by atoms with Gasteiger partial charge >= 0.3 is 5.97 Å². The lowest BCUT2D eigenvalue weighted by atomic mass is 9.96. The van der Waals surface area contributed by atoms with Gasteiger partial charge in [0.15, 0.2) is 0 Å². The molecule has 0 aliphatic rings. The molecular weight excluding hydrogens is 322 g/mol. The number of hydrogen-bond acceptors (Lipinski definition) is 4. The number of rotatable bonds is 6. The summed E-state index contributed by atoms with van der Waals surface area (Å²) < 4.78 is 27.2. The molecule has 0 fully saturated rings. The van der Waals surface area contributed by atoms with Crippen molar-refractivity contribution in [1.29, 1.82) is 0 Å². The topological polar surface area (TPSA) is 83.5 Å². The van der Waals surface area contributed by atoms with E-state index in [2.05, 4.69) is 4.72 Å². The van der Waals surface area contributed by atoms with Gasteiger partial charge in [0.25, 0.3) is 0 Å². The van der Waals surface area contributed by atoms with Crippen molar-refractivity contribution in [3.05, 3.63) is 51.7 Å². The highest BCUT2D eigenvalue weighted by atomic mass is 32.2. The smallest absolute Gasteiger partial charge is 0.305 e. The van der Waals surface area contributed by atoms with E-state index in [1.807, 2.05) is 19.9 Å². The second-order valence-corrected chi connectivity index (χ2v) is 7.51. The molecule has 1 unspecified atom stereocenters. The average molecular weight is 339 g/mol. The van der Waals surface area contributed by atoms with Gasteiger partial charge in [-0.1, -0.05) is 18.2 Å². The highest BCUT2D eigenvalue weighted by molar-refractivity contribution is 7.89. The molecule has 1 heterocycles. The van der Waals surface area contributed by atoms with Gasteiger partial charge in [-0.05, 0) is 42.0 Å². The zero-order valence-corrected chi connectivity index (χ0v) is 13.9. The Morgan fingerprint density at radius 3 is 2.64 bits per heavy atom. The summed E-state index contributed by atoms with van der Waals surface area (Å²) in [4.78, 5) is 11.3. The van der Waals surface area contributed by atoms with Crippen LogP contribution in [-0.2, 0) is 14.8 Å². The second-order valence-electron chi connectivity index (χ2n) is 5.02. The molecule has 0 saturated carbocycles. The molecule has 1 aromatic heterocycles. The molecule has 0 radical (unpaired) electrons. The van der Waals surface area contributed by atoms with Crippen LogP contribution in [0.25, 0.3) is 0 Å². The van der Waals surface area contributed by atoms with Crippen LogP contribution in [0.15, 0.2) is 39.9 Å². The first-order valence-electron chi connectivity index (χ1n) is 6.63. The van der Waals surface area contributed by atoms with Crippen molar-refractivity contribution in [2.24, 2.45) is 0 Å². The number of nitrogens with one attached hydrogen (secondary N) is 1. The van der Waals surface area contributed by atoms with Crippen LogP contribution in [-0.4, -0.2) is 19.5 Å². The maximum absolute atomic E-state index is 12.4. The van der Waals surface area contributed by atoms with Crippen molar-refractivity contribution in [3.8, 4) is 0 Å². The Bertz CT molecular complexity index is 767. The number of carboxylic acids is 1. The summed E-state index contributed by atoms with van der Waals surface area (Å²) in [5.41, 5.74) is 2.56. The van der Waals surface area contributed by atoms with E-state index in [0.717, 1.165) is 11.1 Å². The van der Waals surface area contributed by atoms with Crippen LogP contribution in [0.3, 0.4) is 0 Å². The van der Waals surface area contributed by atoms with Gasteiger partial charge in [0.2, 0.25) is 10.0 Å².